The Labute approximate surface area is 105 Å². The van der Waals surface area contributed by atoms with Crippen molar-refractivity contribution in [1.82, 2.24) is 9.71 Å². The van der Waals surface area contributed by atoms with Gasteiger partial charge in [-0.15, -0.1) is 0 Å². The van der Waals surface area contributed by atoms with E-state index in [1.54, 1.807) is 0 Å². The highest BCUT2D eigenvalue weighted by molar-refractivity contribution is 7.89. The number of aliphatic carboxylic acids is 1. The fraction of sp³-hybridized carbons (Fsp3) is 0.455. The molecule has 1 heterocycles. The van der Waals surface area contributed by atoms with Gasteiger partial charge >= 0.3 is 5.97 Å². The maximum atomic E-state index is 12.1. The molecule has 1 aliphatic carbocycles. The fourth-order valence-corrected chi connectivity index (χ4v) is 3.54. The molecule has 0 saturated heterocycles. The van der Waals surface area contributed by atoms with Crippen LogP contribution in [0.25, 0.3) is 0 Å². The molecule has 0 unspecified atom stereocenters. The van der Waals surface area contributed by atoms with Crippen molar-refractivity contribution >= 4 is 16.0 Å². The van der Waals surface area contributed by atoms with Crippen molar-refractivity contribution in [3.63, 3.8) is 0 Å². The lowest BCUT2D eigenvalue weighted by atomic mass is 10.0. The van der Waals surface area contributed by atoms with Gasteiger partial charge in [-0.25, -0.2) is 8.42 Å². The van der Waals surface area contributed by atoms with Gasteiger partial charge in [0, 0.05) is 12.4 Å². The van der Waals surface area contributed by atoms with Crippen LogP contribution in [0.3, 0.4) is 0 Å². The smallest absolute Gasteiger partial charge is 0.324 e. The van der Waals surface area contributed by atoms with Gasteiger partial charge in [0.05, 0.1) is 0 Å². The number of nitrogens with zero attached hydrogens (tertiary/aromatic N) is 1. The number of hydrogen-bond donors (Lipinski definition) is 2. The van der Waals surface area contributed by atoms with Crippen LogP contribution < -0.4 is 4.72 Å². The number of sulfonamides is 1. The Hall–Kier alpha value is -1.47. The van der Waals surface area contributed by atoms with Gasteiger partial charge in [0.1, 0.15) is 10.4 Å². The van der Waals surface area contributed by atoms with Crippen LogP contribution in [-0.2, 0) is 14.8 Å². The molecule has 0 aliphatic heterocycles. The summed E-state index contributed by atoms with van der Waals surface area (Å²) in [7, 11) is -3.84. The Kier molecular flexibility index (Phi) is 3.36. The Morgan fingerprint density at radius 1 is 1.39 bits per heavy atom. The summed E-state index contributed by atoms with van der Waals surface area (Å²) < 4.78 is 26.5. The summed E-state index contributed by atoms with van der Waals surface area (Å²) >= 11 is 0. The highest BCUT2D eigenvalue weighted by atomic mass is 32.2. The lowest BCUT2D eigenvalue weighted by Gasteiger charge is -2.24. The molecule has 0 atom stereocenters. The highest BCUT2D eigenvalue weighted by Gasteiger charge is 2.44. The molecule has 0 bridgehead atoms. The topological polar surface area (TPSA) is 96.4 Å². The molecule has 2 N–H and O–H groups in total. The van der Waals surface area contributed by atoms with E-state index in [9.17, 15) is 18.3 Å². The monoisotopic (exact) mass is 270 g/mol. The van der Waals surface area contributed by atoms with Crippen LogP contribution in [0.5, 0.6) is 0 Å². The molecule has 1 fully saturated rings. The van der Waals surface area contributed by atoms with Crippen molar-refractivity contribution in [3.05, 3.63) is 24.5 Å². The minimum absolute atomic E-state index is 0.0162. The number of nitrogens with one attached hydrogen (secondary N) is 1. The Bertz CT molecular complexity index is 535. The molecule has 1 saturated carbocycles. The zero-order chi connectivity index (χ0) is 13.2. The molecule has 0 radical (unpaired) electrons. The molecule has 0 amide bonds. The SMILES string of the molecule is O=C(O)C1(NS(=O)(=O)c2cccnc2)CCCC1. The van der Waals surface area contributed by atoms with Gasteiger partial charge < -0.3 is 5.11 Å². The van der Waals surface area contributed by atoms with E-state index in [4.69, 9.17) is 0 Å². The van der Waals surface area contributed by atoms with E-state index >= 15 is 0 Å². The number of pyridine rings is 1. The van der Waals surface area contributed by atoms with Crippen LogP contribution in [0.4, 0.5) is 0 Å². The predicted molar refractivity (Wildman–Crippen MR) is 63.4 cm³/mol. The van der Waals surface area contributed by atoms with E-state index in [2.05, 4.69) is 9.71 Å². The van der Waals surface area contributed by atoms with E-state index < -0.39 is 21.5 Å². The first kappa shape index (κ1) is 13.0. The van der Waals surface area contributed by atoms with Crippen LogP contribution in [0, 0.1) is 0 Å². The number of hydrogen-bond acceptors (Lipinski definition) is 4. The number of carbonyl (C=O) groups is 1. The van der Waals surface area contributed by atoms with E-state index in [-0.39, 0.29) is 4.90 Å². The zero-order valence-electron chi connectivity index (χ0n) is 9.67. The number of carboxylic acids is 1. The second-order valence-electron chi connectivity index (χ2n) is 4.39. The van der Waals surface area contributed by atoms with E-state index in [1.807, 2.05) is 0 Å². The molecule has 98 valence electrons. The summed E-state index contributed by atoms with van der Waals surface area (Å²) in [6, 6.07) is 2.89. The molecule has 0 spiro atoms. The van der Waals surface area contributed by atoms with Crippen LogP contribution in [0.1, 0.15) is 25.7 Å². The van der Waals surface area contributed by atoms with Crippen LogP contribution in [-0.4, -0.2) is 30.0 Å². The van der Waals surface area contributed by atoms with Crippen molar-refractivity contribution in [1.29, 1.82) is 0 Å². The summed E-state index contributed by atoms with van der Waals surface area (Å²) in [5.41, 5.74) is -1.37. The van der Waals surface area contributed by atoms with Crippen LogP contribution >= 0.6 is 0 Å². The molecule has 1 aromatic rings. The molecule has 1 aromatic heterocycles. The average molecular weight is 270 g/mol. The zero-order valence-corrected chi connectivity index (χ0v) is 10.5. The summed E-state index contributed by atoms with van der Waals surface area (Å²) in [6.45, 7) is 0. The lowest BCUT2D eigenvalue weighted by molar-refractivity contribution is -0.143. The van der Waals surface area contributed by atoms with Gasteiger partial charge in [-0.05, 0) is 25.0 Å². The van der Waals surface area contributed by atoms with Gasteiger partial charge in [-0.1, -0.05) is 12.8 Å². The third-order valence-corrected chi connectivity index (χ3v) is 4.66. The van der Waals surface area contributed by atoms with Crippen molar-refractivity contribution in [2.24, 2.45) is 0 Å². The minimum atomic E-state index is -3.84. The summed E-state index contributed by atoms with van der Waals surface area (Å²) in [4.78, 5) is 15.0. The van der Waals surface area contributed by atoms with Gasteiger partial charge in [-0.2, -0.15) is 4.72 Å². The maximum Gasteiger partial charge on any atom is 0.324 e. The maximum absolute atomic E-state index is 12.1. The summed E-state index contributed by atoms with van der Waals surface area (Å²) in [5.74, 6) is -1.12. The molecule has 0 aromatic carbocycles. The number of rotatable bonds is 4. The largest absolute Gasteiger partial charge is 0.480 e. The predicted octanol–water partition coefficient (Wildman–Crippen LogP) is 0.757. The van der Waals surface area contributed by atoms with Crippen LogP contribution in [0.2, 0.25) is 0 Å². The fourth-order valence-electron chi connectivity index (χ4n) is 2.16. The Balaban J connectivity index is 2.30. The second kappa shape index (κ2) is 4.66. The van der Waals surface area contributed by atoms with Gasteiger partial charge in [0.15, 0.2) is 0 Å². The molecule has 2 rings (SSSR count). The van der Waals surface area contributed by atoms with Gasteiger partial charge in [0.25, 0.3) is 0 Å². The summed E-state index contributed by atoms with van der Waals surface area (Å²) in [6.07, 6.45) is 4.72. The third-order valence-electron chi connectivity index (χ3n) is 3.14. The quantitative estimate of drug-likeness (QED) is 0.842. The normalized spacial score (nSPS) is 18.7. The molecule has 6 nitrogen and oxygen atoms in total. The van der Waals surface area contributed by atoms with Gasteiger partial charge in [-0.3, -0.25) is 9.78 Å². The second-order valence-corrected chi connectivity index (χ2v) is 6.07. The first-order valence-corrected chi connectivity index (χ1v) is 7.12. The van der Waals surface area contributed by atoms with Gasteiger partial charge in [0.2, 0.25) is 10.0 Å². The molecular weight excluding hydrogens is 256 g/mol. The standard InChI is InChI=1S/C11H14N2O4S/c14-10(15)11(5-1-2-6-11)13-18(16,17)9-4-3-7-12-8-9/h3-4,7-8,13H,1-2,5-6H2,(H,14,15). The molecule has 7 heteroatoms. The van der Waals surface area contributed by atoms with Crippen molar-refractivity contribution in [3.8, 4) is 0 Å². The highest BCUT2D eigenvalue weighted by Crippen LogP contribution is 2.31. The molecular formula is C11H14N2O4S. The first-order valence-electron chi connectivity index (χ1n) is 5.64. The lowest BCUT2D eigenvalue weighted by Crippen LogP contribution is -2.52. The summed E-state index contributed by atoms with van der Waals surface area (Å²) in [5, 5.41) is 9.23. The molecule has 1 aliphatic rings. The Morgan fingerprint density at radius 2 is 2.06 bits per heavy atom. The van der Waals surface area contributed by atoms with E-state index in [0.717, 1.165) is 0 Å². The molecule has 18 heavy (non-hydrogen) atoms. The van der Waals surface area contributed by atoms with Crippen LogP contribution in [0.15, 0.2) is 29.4 Å². The van der Waals surface area contributed by atoms with Crippen molar-refractivity contribution < 1.29 is 18.3 Å². The average Bonchev–Trinajstić information content (AvgIpc) is 2.79. The van der Waals surface area contributed by atoms with E-state index in [0.29, 0.717) is 25.7 Å². The third kappa shape index (κ3) is 2.37. The number of carboxylic acid groups (broad SMARTS) is 1. The number of aromatic nitrogens is 1. The first-order chi connectivity index (χ1) is 8.46. The minimum Gasteiger partial charge on any atom is -0.480 e. The van der Waals surface area contributed by atoms with Crippen molar-refractivity contribution in [2.45, 2.75) is 36.1 Å². The van der Waals surface area contributed by atoms with Crippen molar-refractivity contribution in [2.75, 3.05) is 0 Å². The Morgan fingerprint density at radius 3 is 2.56 bits per heavy atom. The van der Waals surface area contributed by atoms with E-state index in [1.165, 1.54) is 24.5 Å².